The van der Waals surface area contributed by atoms with Crippen LogP contribution in [0.3, 0.4) is 0 Å². The minimum atomic E-state index is -1.71. The van der Waals surface area contributed by atoms with E-state index in [1.165, 1.54) is 42.9 Å². The fourth-order valence-corrected chi connectivity index (χ4v) is 4.78. The summed E-state index contributed by atoms with van der Waals surface area (Å²) in [5.74, 6) is 0.289. The summed E-state index contributed by atoms with van der Waals surface area (Å²) in [6, 6.07) is 3.43. The predicted octanol–water partition coefficient (Wildman–Crippen LogP) is 2.69. The SMILES string of the molecule is CCCCCCCCCCOC(=O)OC1[C@H]2O[C@@](C)(c3ccc4c(N)ncnn34)[C@H](O)[C@@]12O. The molecule has 2 aliphatic rings. The molecule has 1 aliphatic carbocycles. The molecule has 0 spiro atoms. The lowest BCUT2D eigenvalue weighted by Gasteiger charge is -2.32. The molecule has 10 nitrogen and oxygen atoms in total. The first-order valence-electron chi connectivity index (χ1n) is 11.8. The van der Waals surface area contributed by atoms with E-state index in [1.54, 1.807) is 19.1 Å². The van der Waals surface area contributed by atoms with E-state index in [-0.39, 0.29) is 12.4 Å². The lowest BCUT2D eigenvalue weighted by atomic mass is 9.91. The maximum absolute atomic E-state index is 12.1. The summed E-state index contributed by atoms with van der Waals surface area (Å²) in [7, 11) is 0. The number of unbranched alkanes of at least 4 members (excludes halogenated alkanes) is 7. The van der Waals surface area contributed by atoms with Gasteiger partial charge < -0.3 is 30.2 Å². The topological polar surface area (TPSA) is 141 Å². The van der Waals surface area contributed by atoms with Gasteiger partial charge in [-0.15, -0.1) is 0 Å². The number of nitrogen functional groups attached to an aromatic ring is 1. The van der Waals surface area contributed by atoms with Gasteiger partial charge >= 0.3 is 6.16 Å². The van der Waals surface area contributed by atoms with Gasteiger partial charge in [0.15, 0.2) is 17.5 Å². The smallest absolute Gasteiger partial charge is 0.434 e. The van der Waals surface area contributed by atoms with Gasteiger partial charge in [0, 0.05) is 0 Å². The van der Waals surface area contributed by atoms with Crippen LogP contribution in [0.2, 0.25) is 0 Å². The third kappa shape index (κ3) is 4.27. The van der Waals surface area contributed by atoms with Crippen molar-refractivity contribution < 1.29 is 29.2 Å². The van der Waals surface area contributed by atoms with Gasteiger partial charge in [-0.25, -0.2) is 14.3 Å². The van der Waals surface area contributed by atoms with Crippen molar-refractivity contribution >= 4 is 17.5 Å². The summed E-state index contributed by atoms with van der Waals surface area (Å²) in [6.45, 7) is 4.12. The highest BCUT2D eigenvalue weighted by Crippen LogP contribution is 2.59. The Hall–Kier alpha value is -2.43. The molecule has 10 heteroatoms. The molecule has 182 valence electrons. The average molecular weight is 463 g/mol. The summed E-state index contributed by atoms with van der Waals surface area (Å²) in [5.41, 5.74) is 3.97. The molecule has 0 aromatic carbocycles. The van der Waals surface area contributed by atoms with Crippen molar-refractivity contribution in [2.45, 2.75) is 94.7 Å². The standard InChI is InChI=1S/C23H34N4O6/c1-3-4-5-6-7-8-9-10-13-31-21(29)32-17-18-23(17,30)20(28)22(2,33-18)16-12-11-15-19(24)25-14-26-27(15)16/h11-12,14,17-18,20,28,30H,3-10,13H2,1-2H3,(H2,24,25,26)/t17?,18-,20+,22+,23-/m1/s1. The number of carbonyl (C=O) groups excluding carboxylic acids is 1. The number of aliphatic hydroxyl groups excluding tert-OH is 1. The highest BCUT2D eigenvalue weighted by atomic mass is 16.7. The van der Waals surface area contributed by atoms with Crippen LogP contribution in [0.5, 0.6) is 0 Å². The number of fused-ring (bicyclic) bond motifs is 2. The summed E-state index contributed by atoms with van der Waals surface area (Å²) in [4.78, 5) is 16.0. The van der Waals surface area contributed by atoms with E-state index in [2.05, 4.69) is 17.0 Å². The molecule has 2 fully saturated rings. The number of carbonyl (C=O) groups is 1. The second-order valence-corrected chi connectivity index (χ2v) is 9.21. The largest absolute Gasteiger partial charge is 0.508 e. The third-order valence-corrected chi connectivity index (χ3v) is 6.84. The molecule has 4 N–H and O–H groups in total. The Balaban J connectivity index is 1.25. The Morgan fingerprint density at radius 2 is 1.91 bits per heavy atom. The number of aromatic nitrogens is 3. The normalized spacial score (nSPS) is 30.4. The fourth-order valence-electron chi connectivity index (χ4n) is 4.78. The van der Waals surface area contributed by atoms with E-state index >= 15 is 0 Å². The first kappa shape index (κ1) is 23.7. The van der Waals surface area contributed by atoms with Crippen LogP contribution in [0.25, 0.3) is 5.52 Å². The average Bonchev–Trinajstić information content (AvgIpc) is 3.08. The molecule has 2 aromatic heterocycles. The Bertz CT molecular complexity index is 983. The van der Waals surface area contributed by atoms with E-state index in [0.717, 1.165) is 19.3 Å². The zero-order valence-electron chi connectivity index (χ0n) is 19.3. The number of nitrogens with zero attached hydrogens (tertiary/aromatic N) is 3. The predicted molar refractivity (Wildman–Crippen MR) is 119 cm³/mol. The molecule has 4 rings (SSSR count). The van der Waals surface area contributed by atoms with Crippen LogP contribution >= 0.6 is 0 Å². The molecule has 1 aliphatic heterocycles. The lowest BCUT2D eigenvalue weighted by Crippen LogP contribution is -2.46. The van der Waals surface area contributed by atoms with Crippen LogP contribution in [0, 0.1) is 0 Å². The van der Waals surface area contributed by atoms with Crippen LogP contribution in [0.4, 0.5) is 10.6 Å². The fraction of sp³-hybridized carbons (Fsp3) is 0.696. The Morgan fingerprint density at radius 3 is 2.58 bits per heavy atom. The minimum Gasteiger partial charge on any atom is -0.434 e. The maximum atomic E-state index is 12.1. The van der Waals surface area contributed by atoms with Crippen molar-refractivity contribution in [2.75, 3.05) is 12.3 Å². The van der Waals surface area contributed by atoms with Gasteiger partial charge in [-0.2, -0.15) is 5.10 Å². The van der Waals surface area contributed by atoms with E-state index in [4.69, 9.17) is 19.9 Å². The number of aliphatic hydroxyl groups is 2. The Labute approximate surface area is 193 Å². The molecule has 1 unspecified atom stereocenters. The van der Waals surface area contributed by atoms with Crippen molar-refractivity contribution in [2.24, 2.45) is 0 Å². The quantitative estimate of drug-likeness (QED) is 0.339. The summed E-state index contributed by atoms with van der Waals surface area (Å²) >= 11 is 0. The van der Waals surface area contributed by atoms with Gasteiger partial charge in [0.1, 0.15) is 29.7 Å². The van der Waals surface area contributed by atoms with E-state index in [1.807, 2.05) is 0 Å². The van der Waals surface area contributed by atoms with Crippen LogP contribution < -0.4 is 5.73 Å². The third-order valence-electron chi connectivity index (χ3n) is 6.84. The van der Waals surface area contributed by atoms with E-state index < -0.39 is 35.7 Å². The van der Waals surface area contributed by atoms with Crippen LogP contribution in [-0.2, 0) is 19.8 Å². The summed E-state index contributed by atoms with van der Waals surface area (Å²) in [6.07, 6.45) is 6.37. The lowest BCUT2D eigenvalue weighted by molar-refractivity contribution is -0.132. The number of rotatable bonds is 11. The van der Waals surface area contributed by atoms with Crippen molar-refractivity contribution in [1.29, 1.82) is 0 Å². The number of hydrogen-bond donors (Lipinski definition) is 3. The molecular weight excluding hydrogens is 428 g/mol. The minimum absolute atomic E-state index is 0.266. The highest BCUT2D eigenvalue weighted by molar-refractivity contribution is 5.66. The van der Waals surface area contributed by atoms with Crippen LogP contribution in [0.1, 0.15) is 70.9 Å². The van der Waals surface area contributed by atoms with Crippen LogP contribution in [-0.4, -0.2) is 61.5 Å². The van der Waals surface area contributed by atoms with Crippen molar-refractivity contribution in [3.63, 3.8) is 0 Å². The van der Waals surface area contributed by atoms with Crippen molar-refractivity contribution in [1.82, 2.24) is 14.6 Å². The first-order chi connectivity index (χ1) is 15.8. The second kappa shape index (κ2) is 9.44. The second-order valence-electron chi connectivity index (χ2n) is 9.21. The first-order valence-corrected chi connectivity index (χ1v) is 11.8. The van der Waals surface area contributed by atoms with Crippen LogP contribution in [0.15, 0.2) is 18.5 Å². The molecule has 1 saturated carbocycles. The zero-order valence-corrected chi connectivity index (χ0v) is 19.3. The molecule has 0 amide bonds. The monoisotopic (exact) mass is 462 g/mol. The summed E-state index contributed by atoms with van der Waals surface area (Å²) in [5, 5.41) is 26.1. The van der Waals surface area contributed by atoms with E-state index in [9.17, 15) is 15.0 Å². The van der Waals surface area contributed by atoms with E-state index in [0.29, 0.717) is 11.2 Å². The number of hydrogen-bond acceptors (Lipinski definition) is 9. The molecule has 2 aromatic rings. The van der Waals surface area contributed by atoms with Gasteiger partial charge in [-0.3, -0.25) is 0 Å². The van der Waals surface area contributed by atoms with Gasteiger partial charge in [0.05, 0.1) is 12.3 Å². The number of anilines is 1. The highest BCUT2D eigenvalue weighted by Gasteiger charge is 2.82. The Kier molecular flexibility index (Phi) is 6.78. The Morgan fingerprint density at radius 1 is 1.21 bits per heavy atom. The van der Waals surface area contributed by atoms with Crippen molar-refractivity contribution in [3.05, 3.63) is 24.2 Å². The molecular formula is C23H34N4O6. The van der Waals surface area contributed by atoms with Gasteiger partial charge in [-0.1, -0.05) is 51.9 Å². The van der Waals surface area contributed by atoms with Gasteiger partial charge in [0.2, 0.25) is 0 Å². The maximum Gasteiger partial charge on any atom is 0.508 e. The molecule has 5 atom stereocenters. The summed E-state index contributed by atoms with van der Waals surface area (Å²) < 4.78 is 17.9. The van der Waals surface area contributed by atoms with Crippen molar-refractivity contribution in [3.8, 4) is 0 Å². The molecule has 1 saturated heterocycles. The zero-order chi connectivity index (χ0) is 23.6. The van der Waals surface area contributed by atoms with Gasteiger partial charge in [0.25, 0.3) is 0 Å². The number of nitrogens with two attached hydrogens (primary N) is 1. The molecule has 0 bridgehead atoms. The molecule has 0 radical (unpaired) electrons. The molecule has 33 heavy (non-hydrogen) atoms. The van der Waals surface area contributed by atoms with Gasteiger partial charge in [-0.05, 0) is 25.5 Å². The number of ether oxygens (including phenoxy) is 3. The molecule has 3 heterocycles.